The first-order valence-electron chi connectivity index (χ1n) is 4.82. The summed E-state index contributed by atoms with van der Waals surface area (Å²) in [6.07, 6.45) is 11.4. The fourth-order valence-corrected chi connectivity index (χ4v) is 1.80. The summed E-state index contributed by atoms with van der Waals surface area (Å²) < 4.78 is 0. The van der Waals surface area contributed by atoms with Gasteiger partial charge in [0.1, 0.15) is 0 Å². The Morgan fingerprint density at radius 3 is 3.00 bits per heavy atom. The van der Waals surface area contributed by atoms with E-state index in [4.69, 9.17) is 6.42 Å². The predicted molar refractivity (Wildman–Crippen MR) is 69.0 cm³/mol. The SMILES string of the molecule is C#CCNC/C=C/c1ccccc1SC. The third-order valence-corrected chi connectivity index (χ3v) is 2.74. The Morgan fingerprint density at radius 1 is 1.47 bits per heavy atom. The number of nitrogens with one attached hydrogen (secondary N) is 1. The molecule has 0 bridgehead atoms. The molecule has 0 aromatic heterocycles. The molecular formula is C13H15NS. The van der Waals surface area contributed by atoms with Crippen LogP contribution in [-0.4, -0.2) is 19.3 Å². The zero-order valence-electron chi connectivity index (χ0n) is 8.86. The standard InChI is InChI=1S/C13H15NS/c1-3-10-14-11-6-8-12-7-4-5-9-13(12)15-2/h1,4-9,14H,10-11H2,2H3/b8-6+. The molecule has 0 saturated heterocycles. The summed E-state index contributed by atoms with van der Waals surface area (Å²) in [5, 5.41) is 3.11. The summed E-state index contributed by atoms with van der Waals surface area (Å²) in [5.74, 6) is 2.54. The fraction of sp³-hybridized carbons (Fsp3) is 0.231. The molecule has 78 valence electrons. The molecule has 1 rings (SSSR count). The predicted octanol–water partition coefficient (Wildman–Crippen LogP) is 2.64. The van der Waals surface area contributed by atoms with Gasteiger partial charge in [0.05, 0.1) is 6.54 Å². The van der Waals surface area contributed by atoms with Crippen molar-refractivity contribution in [3.8, 4) is 12.3 Å². The van der Waals surface area contributed by atoms with Gasteiger partial charge in [-0.05, 0) is 17.9 Å². The van der Waals surface area contributed by atoms with E-state index in [1.54, 1.807) is 11.8 Å². The van der Waals surface area contributed by atoms with Crippen molar-refractivity contribution >= 4 is 17.8 Å². The summed E-state index contributed by atoms with van der Waals surface area (Å²) in [5.41, 5.74) is 1.26. The Labute approximate surface area is 96.0 Å². The number of terminal acetylenes is 1. The quantitative estimate of drug-likeness (QED) is 0.462. The van der Waals surface area contributed by atoms with Gasteiger partial charge in [-0.2, -0.15) is 0 Å². The normalized spacial score (nSPS) is 10.4. The summed E-state index contributed by atoms with van der Waals surface area (Å²) in [6.45, 7) is 1.43. The van der Waals surface area contributed by atoms with E-state index in [1.165, 1.54) is 10.5 Å². The number of hydrogen-bond donors (Lipinski definition) is 1. The molecule has 0 amide bonds. The second kappa shape index (κ2) is 7.17. The smallest absolute Gasteiger partial charge is 0.0576 e. The first-order chi connectivity index (χ1) is 7.38. The van der Waals surface area contributed by atoms with Crippen LogP contribution in [0.4, 0.5) is 0 Å². The molecule has 0 saturated carbocycles. The minimum atomic E-state index is 0.620. The van der Waals surface area contributed by atoms with Crippen LogP contribution in [0.25, 0.3) is 6.08 Å². The van der Waals surface area contributed by atoms with Crippen molar-refractivity contribution in [2.24, 2.45) is 0 Å². The van der Waals surface area contributed by atoms with Gasteiger partial charge in [-0.15, -0.1) is 18.2 Å². The molecule has 0 spiro atoms. The Kier molecular flexibility index (Phi) is 5.69. The van der Waals surface area contributed by atoms with Crippen molar-refractivity contribution in [3.63, 3.8) is 0 Å². The second-order valence-electron chi connectivity index (χ2n) is 2.98. The van der Waals surface area contributed by atoms with E-state index >= 15 is 0 Å². The van der Waals surface area contributed by atoms with Gasteiger partial charge in [0.25, 0.3) is 0 Å². The Balaban J connectivity index is 2.52. The number of hydrogen-bond acceptors (Lipinski definition) is 2. The molecule has 0 aliphatic carbocycles. The van der Waals surface area contributed by atoms with E-state index < -0.39 is 0 Å². The van der Waals surface area contributed by atoms with Gasteiger partial charge in [0.15, 0.2) is 0 Å². The lowest BCUT2D eigenvalue weighted by molar-refractivity contribution is 0.859. The van der Waals surface area contributed by atoms with Crippen molar-refractivity contribution in [3.05, 3.63) is 35.9 Å². The maximum absolute atomic E-state index is 5.13. The van der Waals surface area contributed by atoms with Gasteiger partial charge >= 0.3 is 0 Å². The third-order valence-electron chi connectivity index (χ3n) is 1.93. The largest absolute Gasteiger partial charge is 0.303 e. The number of benzene rings is 1. The van der Waals surface area contributed by atoms with Crippen molar-refractivity contribution in [1.82, 2.24) is 5.32 Å². The van der Waals surface area contributed by atoms with Crippen molar-refractivity contribution < 1.29 is 0 Å². The summed E-state index contributed by atoms with van der Waals surface area (Å²) in [6, 6.07) is 8.34. The number of thioether (sulfide) groups is 1. The van der Waals surface area contributed by atoms with Gasteiger partial charge < -0.3 is 5.32 Å². The molecular weight excluding hydrogens is 202 g/mol. The Morgan fingerprint density at radius 2 is 2.27 bits per heavy atom. The van der Waals surface area contributed by atoms with Crippen LogP contribution in [0.15, 0.2) is 35.2 Å². The van der Waals surface area contributed by atoms with Crippen molar-refractivity contribution in [1.29, 1.82) is 0 Å². The lowest BCUT2D eigenvalue weighted by Crippen LogP contribution is -2.12. The topological polar surface area (TPSA) is 12.0 Å². The molecule has 1 nitrogen and oxygen atoms in total. The molecule has 1 aromatic carbocycles. The van der Waals surface area contributed by atoms with E-state index in [-0.39, 0.29) is 0 Å². The van der Waals surface area contributed by atoms with Crippen LogP contribution in [0, 0.1) is 12.3 Å². The van der Waals surface area contributed by atoms with Crippen molar-refractivity contribution in [2.45, 2.75) is 4.90 Å². The molecule has 0 heterocycles. The first kappa shape index (κ1) is 11.9. The minimum absolute atomic E-state index is 0.620. The van der Waals surface area contributed by atoms with Gasteiger partial charge in [-0.25, -0.2) is 0 Å². The zero-order valence-corrected chi connectivity index (χ0v) is 9.68. The van der Waals surface area contributed by atoms with Gasteiger partial charge in [-0.3, -0.25) is 0 Å². The zero-order chi connectivity index (χ0) is 10.9. The molecule has 0 atom stereocenters. The van der Waals surface area contributed by atoms with Gasteiger partial charge in [0.2, 0.25) is 0 Å². The van der Waals surface area contributed by atoms with Crippen molar-refractivity contribution in [2.75, 3.05) is 19.3 Å². The van der Waals surface area contributed by atoms with Crippen LogP contribution < -0.4 is 5.32 Å². The maximum Gasteiger partial charge on any atom is 0.0576 e. The molecule has 0 aliphatic heterocycles. The van der Waals surface area contributed by atoms with Crippen LogP contribution in [0.1, 0.15) is 5.56 Å². The molecule has 15 heavy (non-hydrogen) atoms. The van der Waals surface area contributed by atoms with Gasteiger partial charge in [0, 0.05) is 11.4 Å². The molecule has 2 heteroatoms. The first-order valence-corrected chi connectivity index (χ1v) is 6.04. The van der Waals surface area contributed by atoms with Crippen LogP contribution in [0.5, 0.6) is 0 Å². The lowest BCUT2D eigenvalue weighted by Gasteiger charge is -2.01. The average Bonchev–Trinajstić information content (AvgIpc) is 2.29. The highest BCUT2D eigenvalue weighted by Gasteiger charge is 1.94. The van der Waals surface area contributed by atoms with Crippen LogP contribution in [0.2, 0.25) is 0 Å². The van der Waals surface area contributed by atoms with E-state index in [0.29, 0.717) is 6.54 Å². The molecule has 1 aromatic rings. The van der Waals surface area contributed by atoms with Crippen LogP contribution in [0.3, 0.4) is 0 Å². The number of rotatable bonds is 5. The molecule has 0 aliphatic rings. The fourth-order valence-electron chi connectivity index (χ4n) is 1.22. The highest BCUT2D eigenvalue weighted by molar-refractivity contribution is 7.98. The molecule has 0 fully saturated rings. The molecule has 0 unspecified atom stereocenters. The monoisotopic (exact) mass is 217 g/mol. The minimum Gasteiger partial charge on any atom is -0.303 e. The van der Waals surface area contributed by atoms with Crippen LogP contribution in [-0.2, 0) is 0 Å². The average molecular weight is 217 g/mol. The Bertz CT molecular complexity index is 363. The molecule has 1 N–H and O–H groups in total. The summed E-state index contributed by atoms with van der Waals surface area (Å²) in [7, 11) is 0. The molecule has 0 radical (unpaired) electrons. The van der Waals surface area contributed by atoms with E-state index in [9.17, 15) is 0 Å². The van der Waals surface area contributed by atoms with Crippen LogP contribution >= 0.6 is 11.8 Å². The van der Waals surface area contributed by atoms with E-state index in [2.05, 4.69) is 47.8 Å². The van der Waals surface area contributed by atoms with Gasteiger partial charge in [-0.1, -0.05) is 36.3 Å². The van der Waals surface area contributed by atoms with E-state index in [1.807, 2.05) is 6.07 Å². The maximum atomic E-state index is 5.13. The third kappa shape index (κ3) is 4.24. The highest BCUT2D eigenvalue weighted by Crippen LogP contribution is 2.20. The lowest BCUT2D eigenvalue weighted by atomic mass is 10.2. The van der Waals surface area contributed by atoms with E-state index in [0.717, 1.165) is 6.54 Å². The summed E-state index contributed by atoms with van der Waals surface area (Å²) >= 11 is 1.76. The summed E-state index contributed by atoms with van der Waals surface area (Å²) in [4.78, 5) is 1.30. The Hall–Kier alpha value is -1.17. The highest BCUT2D eigenvalue weighted by atomic mass is 32.2. The second-order valence-corrected chi connectivity index (χ2v) is 3.83.